The molecule has 0 aliphatic carbocycles. The van der Waals surface area contributed by atoms with Crippen LogP contribution in [0.25, 0.3) is 0 Å². The predicted molar refractivity (Wildman–Crippen MR) is 99.8 cm³/mol. The minimum Gasteiger partial charge on any atom is -0.493 e. The Morgan fingerprint density at radius 2 is 2.08 bits per heavy atom. The van der Waals surface area contributed by atoms with E-state index in [4.69, 9.17) is 21.1 Å². The van der Waals surface area contributed by atoms with Gasteiger partial charge in [0.2, 0.25) is 0 Å². The highest BCUT2D eigenvalue weighted by atomic mass is 35.5. The number of anilines is 1. The summed E-state index contributed by atoms with van der Waals surface area (Å²) in [6.45, 7) is 2.35. The zero-order chi connectivity index (χ0) is 18.1. The van der Waals surface area contributed by atoms with E-state index in [2.05, 4.69) is 15.8 Å². The van der Waals surface area contributed by atoms with Crippen LogP contribution in [-0.4, -0.2) is 32.4 Å². The minimum absolute atomic E-state index is 0.0615. The largest absolute Gasteiger partial charge is 0.493 e. The van der Waals surface area contributed by atoms with Gasteiger partial charge in [-0.15, -0.1) is 0 Å². The van der Waals surface area contributed by atoms with Crippen LogP contribution in [-0.2, 0) is 4.79 Å². The molecule has 0 saturated heterocycles. The van der Waals surface area contributed by atoms with E-state index in [0.29, 0.717) is 23.1 Å². The van der Waals surface area contributed by atoms with Crippen molar-refractivity contribution in [3.8, 4) is 11.5 Å². The number of nitrogens with one attached hydrogen (secondary N) is 2. The molecule has 6 nitrogen and oxygen atoms in total. The molecule has 25 heavy (non-hydrogen) atoms. The number of rotatable bonds is 8. The third kappa shape index (κ3) is 6.00. The summed E-state index contributed by atoms with van der Waals surface area (Å²) in [7, 11) is 1.54. The van der Waals surface area contributed by atoms with Crippen molar-refractivity contribution in [1.29, 1.82) is 0 Å². The predicted octanol–water partition coefficient (Wildman–Crippen LogP) is 3.31. The van der Waals surface area contributed by atoms with Crippen molar-refractivity contribution < 1.29 is 14.3 Å². The summed E-state index contributed by atoms with van der Waals surface area (Å²) < 4.78 is 10.8. The van der Waals surface area contributed by atoms with Crippen LogP contribution in [0.5, 0.6) is 11.5 Å². The summed E-state index contributed by atoms with van der Waals surface area (Å²) in [6, 6.07) is 12.6. The van der Waals surface area contributed by atoms with E-state index in [1.165, 1.54) is 0 Å². The van der Waals surface area contributed by atoms with E-state index in [0.717, 1.165) is 11.3 Å². The molecule has 0 bridgehead atoms. The first-order valence-corrected chi connectivity index (χ1v) is 8.12. The van der Waals surface area contributed by atoms with Crippen molar-refractivity contribution in [3.63, 3.8) is 0 Å². The summed E-state index contributed by atoms with van der Waals surface area (Å²) in [5.74, 6) is 0.839. The van der Waals surface area contributed by atoms with E-state index < -0.39 is 0 Å². The van der Waals surface area contributed by atoms with Crippen LogP contribution in [0, 0.1) is 0 Å². The van der Waals surface area contributed by atoms with Gasteiger partial charge in [-0.05, 0) is 48.9 Å². The van der Waals surface area contributed by atoms with Gasteiger partial charge in [0, 0.05) is 11.6 Å². The number of likely N-dealkylation sites (N-methyl/N-ethyl adjacent to an activating group) is 1. The van der Waals surface area contributed by atoms with Gasteiger partial charge in [-0.25, -0.2) is 0 Å². The molecule has 2 aromatic rings. The zero-order valence-electron chi connectivity index (χ0n) is 14.1. The first kappa shape index (κ1) is 18.6. The number of hydrogen-bond donors (Lipinski definition) is 2. The van der Waals surface area contributed by atoms with E-state index in [9.17, 15) is 4.79 Å². The molecule has 132 valence electrons. The fourth-order valence-electron chi connectivity index (χ4n) is 2.01. The Labute approximate surface area is 151 Å². The first-order chi connectivity index (χ1) is 12.1. The lowest BCUT2D eigenvalue weighted by atomic mass is 10.2. The monoisotopic (exact) mass is 361 g/mol. The fraction of sp³-hybridized carbons (Fsp3) is 0.222. The van der Waals surface area contributed by atoms with Crippen molar-refractivity contribution in [2.75, 3.05) is 25.7 Å². The van der Waals surface area contributed by atoms with Gasteiger partial charge in [0.25, 0.3) is 5.91 Å². The van der Waals surface area contributed by atoms with E-state index in [-0.39, 0.29) is 12.5 Å². The van der Waals surface area contributed by atoms with Gasteiger partial charge in [-0.3, -0.25) is 10.2 Å². The van der Waals surface area contributed by atoms with Crippen LogP contribution in [0.3, 0.4) is 0 Å². The molecule has 0 radical (unpaired) electrons. The van der Waals surface area contributed by atoms with Gasteiger partial charge >= 0.3 is 0 Å². The molecule has 0 spiro atoms. The van der Waals surface area contributed by atoms with Gasteiger partial charge in [0.1, 0.15) is 0 Å². The Morgan fingerprint density at radius 3 is 2.80 bits per heavy atom. The van der Waals surface area contributed by atoms with Crippen molar-refractivity contribution in [2.24, 2.45) is 5.10 Å². The van der Waals surface area contributed by atoms with Crippen LogP contribution < -0.4 is 20.2 Å². The molecule has 7 heteroatoms. The second kappa shape index (κ2) is 9.54. The smallest absolute Gasteiger partial charge is 0.257 e. The van der Waals surface area contributed by atoms with Gasteiger partial charge in [0.15, 0.2) is 18.1 Å². The number of methoxy groups -OCH3 is 1. The fourth-order valence-corrected chi connectivity index (χ4v) is 2.20. The molecule has 0 heterocycles. The molecule has 2 N–H and O–H groups in total. The second-order valence-corrected chi connectivity index (χ2v) is 5.47. The molecule has 0 aliphatic rings. The number of ether oxygens (including phenoxy) is 2. The van der Waals surface area contributed by atoms with Crippen molar-refractivity contribution >= 4 is 29.4 Å². The number of halogens is 1. The molecular formula is C18H20ClN3O3. The maximum absolute atomic E-state index is 11.5. The second-order valence-electron chi connectivity index (χ2n) is 5.03. The lowest BCUT2D eigenvalue weighted by Crippen LogP contribution is -2.28. The Morgan fingerprint density at radius 1 is 1.24 bits per heavy atom. The summed E-state index contributed by atoms with van der Waals surface area (Å²) in [4.78, 5) is 11.5. The number of carbonyl (C=O) groups excluding carboxylic acids is 1. The third-order valence-corrected chi connectivity index (χ3v) is 3.39. The van der Waals surface area contributed by atoms with E-state index in [1.807, 2.05) is 25.1 Å². The molecule has 0 saturated carbocycles. The molecule has 0 atom stereocenters. The van der Waals surface area contributed by atoms with E-state index in [1.54, 1.807) is 37.6 Å². The zero-order valence-corrected chi connectivity index (χ0v) is 14.8. The number of nitrogens with zero attached hydrogens (tertiary/aromatic N) is 1. The normalized spacial score (nSPS) is 10.5. The molecule has 1 amide bonds. The minimum atomic E-state index is -0.180. The molecule has 2 rings (SSSR count). The Kier molecular flexibility index (Phi) is 7.10. The molecule has 0 unspecified atom stereocenters. The first-order valence-electron chi connectivity index (χ1n) is 7.74. The lowest BCUT2D eigenvalue weighted by molar-refractivity contribution is -0.123. The highest BCUT2D eigenvalue weighted by molar-refractivity contribution is 6.30. The summed E-state index contributed by atoms with van der Waals surface area (Å²) in [6.07, 6.45) is 1.65. The average Bonchev–Trinajstić information content (AvgIpc) is 2.60. The van der Waals surface area contributed by atoms with Gasteiger partial charge < -0.3 is 14.8 Å². The van der Waals surface area contributed by atoms with Gasteiger partial charge in [0.05, 0.1) is 19.0 Å². The maximum Gasteiger partial charge on any atom is 0.257 e. The summed E-state index contributed by atoms with van der Waals surface area (Å²) in [5, 5.41) is 7.47. The topological polar surface area (TPSA) is 72.0 Å². The third-order valence-electron chi connectivity index (χ3n) is 3.15. The van der Waals surface area contributed by atoms with E-state index >= 15 is 0 Å². The Hall–Kier alpha value is -2.73. The molecule has 2 aromatic carbocycles. The number of hydrazone groups is 1. The van der Waals surface area contributed by atoms with Crippen LogP contribution in [0.2, 0.25) is 5.02 Å². The standard InChI is InChI=1S/C18H20ClN3O3/c1-3-20-18(23)12-25-16-8-7-13(9-17(16)24-2)11-21-22-15-6-4-5-14(19)10-15/h4-11,22H,3,12H2,1-2H3,(H,20,23)/b21-11-. The quantitative estimate of drug-likeness (QED) is 0.559. The molecule has 0 fully saturated rings. The van der Waals surface area contributed by atoms with Gasteiger partial charge in [-0.1, -0.05) is 17.7 Å². The Bertz CT molecular complexity index is 750. The van der Waals surface area contributed by atoms with Crippen LogP contribution in [0.15, 0.2) is 47.6 Å². The van der Waals surface area contributed by atoms with Crippen molar-refractivity contribution in [2.45, 2.75) is 6.92 Å². The number of amides is 1. The lowest BCUT2D eigenvalue weighted by Gasteiger charge is -2.11. The SMILES string of the molecule is CCNC(=O)COc1ccc(/C=N\Nc2cccc(Cl)c2)cc1OC. The number of hydrogen-bond acceptors (Lipinski definition) is 5. The maximum atomic E-state index is 11.5. The summed E-state index contributed by atoms with van der Waals surface area (Å²) >= 11 is 5.92. The Balaban J connectivity index is 2.00. The van der Waals surface area contributed by atoms with Crippen LogP contribution >= 0.6 is 11.6 Å². The highest BCUT2D eigenvalue weighted by Crippen LogP contribution is 2.27. The van der Waals surface area contributed by atoms with Crippen LogP contribution in [0.1, 0.15) is 12.5 Å². The molecule has 0 aliphatic heterocycles. The van der Waals surface area contributed by atoms with Crippen LogP contribution in [0.4, 0.5) is 5.69 Å². The van der Waals surface area contributed by atoms with Gasteiger partial charge in [-0.2, -0.15) is 5.10 Å². The van der Waals surface area contributed by atoms with Crippen molar-refractivity contribution in [3.05, 3.63) is 53.1 Å². The molecular weight excluding hydrogens is 342 g/mol. The number of carbonyl (C=O) groups is 1. The average molecular weight is 362 g/mol. The summed E-state index contributed by atoms with van der Waals surface area (Å²) in [5.41, 5.74) is 4.51. The number of benzene rings is 2. The molecule has 0 aromatic heterocycles. The van der Waals surface area contributed by atoms with Crippen molar-refractivity contribution in [1.82, 2.24) is 5.32 Å². The highest BCUT2D eigenvalue weighted by Gasteiger charge is 2.07.